The Balaban J connectivity index is 3.93. The maximum Gasteiger partial charge on any atom is 0.472 e. The Morgan fingerprint density at radius 1 is 0.398 bits per heavy atom. The zero-order valence-electron chi connectivity index (χ0n) is 56.7. The number of unbranched alkanes of at least 4 members (excludes halogenated alkanes) is 55. The number of nitrogens with one attached hydrogen (secondary N) is 1. The lowest BCUT2D eigenvalue weighted by Gasteiger charge is -2.25. The molecule has 3 N–H and O–H groups in total. The number of likely N-dealkylation sites (N-methyl/N-ethyl adjacent to an activating group) is 1. The summed E-state index contributed by atoms with van der Waals surface area (Å²) in [6, 6.07) is -0.862. The summed E-state index contributed by atoms with van der Waals surface area (Å²) < 4.78 is 23.8. The zero-order valence-corrected chi connectivity index (χ0v) is 57.6. The molecule has 9 heteroatoms. The van der Waals surface area contributed by atoms with Crippen LogP contribution in [0.4, 0.5) is 0 Å². The van der Waals surface area contributed by atoms with Crippen LogP contribution in [0.25, 0.3) is 0 Å². The molecule has 8 nitrogen and oxygen atoms in total. The van der Waals surface area contributed by atoms with Gasteiger partial charge >= 0.3 is 7.82 Å². The number of quaternary nitrogens is 1. The first-order valence-corrected chi connectivity index (χ1v) is 38.7. The fourth-order valence-corrected chi connectivity index (χ4v) is 12.4. The van der Waals surface area contributed by atoms with Crippen molar-refractivity contribution in [1.29, 1.82) is 0 Å². The van der Waals surface area contributed by atoms with Crippen molar-refractivity contribution < 1.29 is 32.9 Å². The summed E-state index contributed by atoms with van der Waals surface area (Å²) in [5.41, 5.74) is 0. The van der Waals surface area contributed by atoms with Crippen molar-refractivity contribution in [3.8, 4) is 0 Å². The predicted molar refractivity (Wildman–Crippen MR) is 365 cm³/mol. The number of allylic oxidation sites excluding steroid dienone is 3. The number of amides is 1. The van der Waals surface area contributed by atoms with E-state index >= 15 is 0 Å². The molecule has 0 aromatic heterocycles. The molecule has 0 bridgehead atoms. The topological polar surface area (TPSA) is 105 Å². The fourth-order valence-electron chi connectivity index (χ4n) is 11.7. The van der Waals surface area contributed by atoms with Gasteiger partial charge in [-0.25, -0.2) is 4.57 Å². The van der Waals surface area contributed by atoms with Crippen LogP contribution in [0.3, 0.4) is 0 Å². The maximum absolute atomic E-state index is 13.1. The Hall–Kier alpha value is -1.02. The number of aliphatic hydroxyl groups is 1. The molecule has 0 aliphatic carbocycles. The number of hydrogen-bond acceptors (Lipinski definition) is 5. The van der Waals surface area contributed by atoms with E-state index in [2.05, 4.69) is 31.3 Å². The minimum atomic E-state index is -4.36. The molecule has 0 rings (SSSR count). The Morgan fingerprint density at radius 3 is 0.964 bits per heavy atom. The maximum atomic E-state index is 13.1. The molecule has 0 saturated carbocycles. The number of rotatable bonds is 70. The normalized spacial score (nSPS) is 13.7. The second-order valence-corrected chi connectivity index (χ2v) is 28.5. The zero-order chi connectivity index (χ0) is 60.5. The number of nitrogens with zero attached hydrogens (tertiary/aromatic N) is 1. The van der Waals surface area contributed by atoms with Crippen molar-refractivity contribution in [1.82, 2.24) is 5.32 Å². The molecule has 0 aliphatic rings. The summed E-state index contributed by atoms with van der Waals surface area (Å²) in [6.07, 6.45) is 86.5. The molecule has 0 radical (unpaired) electrons. The van der Waals surface area contributed by atoms with Gasteiger partial charge in [-0.05, 0) is 32.1 Å². The average Bonchev–Trinajstić information content (AvgIpc) is 3.50. The second kappa shape index (κ2) is 65.4. The first-order valence-electron chi connectivity index (χ1n) is 37.2. The van der Waals surface area contributed by atoms with Crippen LogP contribution in [0.1, 0.15) is 393 Å². The molecular weight excluding hydrogens is 1040 g/mol. The van der Waals surface area contributed by atoms with Gasteiger partial charge in [0.25, 0.3) is 0 Å². The predicted octanol–water partition coefficient (Wildman–Crippen LogP) is 23.8. The highest BCUT2D eigenvalue weighted by atomic mass is 31.2. The average molecular weight is 1190 g/mol. The van der Waals surface area contributed by atoms with Gasteiger partial charge in [-0.15, -0.1) is 0 Å². The molecule has 3 atom stereocenters. The third-order valence-corrected chi connectivity index (χ3v) is 18.4. The Bertz CT molecular complexity index is 1400. The molecule has 494 valence electrons. The van der Waals surface area contributed by atoms with E-state index in [1.807, 2.05) is 27.2 Å². The fraction of sp³-hybridized carbons (Fsp3) is 0.932. The van der Waals surface area contributed by atoms with Crippen molar-refractivity contribution in [2.24, 2.45) is 0 Å². The van der Waals surface area contributed by atoms with E-state index < -0.39 is 20.0 Å². The smallest absolute Gasteiger partial charge is 0.387 e. The van der Waals surface area contributed by atoms with Gasteiger partial charge in [0, 0.05) is 6.42 Å². The molecule has 0 fully saturated rings. The van der Waals surface area contributed by atoms with E-state index in [9.17, 15) is 19.4 Å². The molecule has 0 aromatic rings. The molecule has 83 heavy (non-hydrogen) atoms. The minimum absolute atomic E-state index is 0.0591. The quantitative estimate of drug-likeness (QED) is 0.0243. The van der Waals surface area contributed by atoms with Crippen LogP contribution in [0.2, 0.25) is 0 Å². The highest BCUT2D eigenvalue weighted by Crippen LogP contribution is 2.43. The molecular formula is C74H148N2O6P+. The summed E-state index contributed by atoms with van der Waals surface area (Å²) in [4.78, 5) is 23.4. The van der Waals surface area contributed by atoms with E-state index in [0.717, 1.165) is 38.5 Å². The molecule has 0 spiro atoms. The minimum Gasteiger partial charge on any atom is -0.387 e. The Morgan fingerprint density at radius 2 is 0.663 bits per heavy atom. The standard InChI is InChI=1S/C74H147N2O6P/c1-6-8-10-12-14-16-18-20-22-24-26-28-30-31-32-33-34-35-36-37-38-39-40-41-42-43-44-45-46-48-50-52-54-56-58-60-62-64-66-68-74(78)75-72(71-82-83(79,80)81-70-69-76(3,4)5)73(77)67-65-63-61-59-57-55-53-51-49-47-29-27-25-23-21-19-17-15-13-11-9-7-2/h57,59,65,67,72-73,77H,6-56,58,60-64,66,68-71H2,1-5H3,(H-,75,78,79,80)/p+1/b59-57+,67-65+. The van der Waals surface area contributed by atoms with Crippen LogP contribution in [0.5, 0.6) is 0 Å². The molecule has 0 saturated heterocycles. The van der Waals surface area contributed by atoms with Crippen molar-refractivity contribution in [3.63, 3.8) is 0 Å². The second-order valence-electron chi connectivity index (χ2n) is 27.0. The van der Waals surface area contributed by atoms with E-state index in [1.165, 1.54) is 334 Å². The lowest BCUT2D eigenvalue weighted by molar-refractivity contribution is -0.870. The Labute approximate surface area is 519 Å². The molecule has 0 heterocycles. The van der Waals surface area contributed by atoms with E-state index in [1.54, 1.807) is 6.08 Å². The molecule has 0 aliphatic heterocycles. The first kappa shape index (κ1) is 82.0. The van der Waals surface area contributed by atoms with E-state index in [4.69, 9.17) is 9.05 Å². The molecule has 1 amide bonds. The van der Waals surface area contributed by atoms with Gasteiger partial charge < -0.3 is 19.8 Å². The summed E-state index contributed by atoms with van der Waals surface area (Å²) in [7, 11) is 1.58. The third kappa shape index (κ3) is 68.3. The van der Waals surface area contributed by atoms with Crippen molar-refractivity contribution in [3.05, 3.63) is 24.3 Å². The van der Waals surface area contributed by atoms with Crippen LogP contribution in [-0.2, 0) is 18.4 Å². The van der Waals surface area contributed by atoms with Crippen molar-refractivity contribution >= 4 is 13.7 Å². The van der Waals surface area contributed by atoms with Crippen LogP contribution in [0.15, 0.2) is 24.3 Å². The van der Waals surface area contributed by atoms with Gasteiger partial charge in [-0.1, -0.05) is 378 Å². The summed E-state index contributed by atoms with van der Waals surface area (Å²) in [5, 5.41) is 14.0. The van der Waals surface area contributed by atoms with Crippen LogP contribution in [0, 0.1) is 0 Å². The monoisotopic (exact) mass is 1190 g/mol. The summed E-state index contributed by atoms with van der Waals surface area (Å²) in [6.45, 7) is 4.86. The highest BCUT2D eigenvalue weighted by Gasteiger charge is 2.28. The number of carbonyl (C=O) groups is 1. The van der Waals surface area contributed by atoms with Crippen LogP contribution in [-0.4, -0.2) is 73.4 Å². The van der Waals surface area contributed by atoms with E-state index in [-0.39, 0.29) is 19.1 Å². The van der Waals surface area contributed by atoms with Gasteiger partial charge in [0.15, 0.2) is 0 Å². The van der Waals surface area contributed by atoms with E-state index in [0.29, 0.717) is 17.4 Å². The molecule has 3 unspecified atom stereocenters. The van der Waals surface area contributed by atoms with Gasteiger partial charge in [0.05, 0.1) is 39.9 Å². The summed E-state index contributed by atoms with van der Waals surface area (Å²) in [5.74, 6) is -0.177. The Kier molecular flexibility index (Phi) is 64.6. The van der Waals surface area contributed by atoms with Crippen molar-refractivity contribution in [2.45, 2.75) is 405 Å². The lowest BCUT2D eigenvalue weighted by Crippen LogP contribution is -2.45. The van der Waals surface area contributed by atoms with Gasteiger partial charge in [0.2, 0.25) is 5.91 Å². The number of hydrogen-bond donors (Lipinski definition) is 3. The number of aliphatic hydroxyl groups excluding tert-OH is 1. The molecule has 0 aromatic carbocycles. The highest BCUT2D eigenvalue weighted by molar-refractivity contribution is 7.47. The van der Waals surface area contributed by atoms with Crippen LogP contribution < -0.4 is 5.32 Å². The van der Waals surface area contributed by atoms with Crippen LogP contribution >= 0.6 is 7.82 Å². The third-order valence-electron chi connectivity index (χ3n) is 17.4. The van der Waals surface area contributed by atoms with Crippen molar-refractivity contribution in [2.75, 3.05) is 40.9 Å². The summed E-state index contributed by atoms with van der Waals surface area (Å²) >= 11 is 0. The number of phosphoric ester groups is 1. The van der Waals surface area contributed by atoms with Gasteiger partial charge in [0.1, 0.15) is 13.2 Å². The number of carbonyl (C=O) groups excluding carboxylic acids is 1. The largest absolute Gasteiger partial charge is 0.472 e. The number of phosphoric acid groups is 1. The first-order chi connectivity index (χ1) is 40.5. The van der Waals surface area contributed by atoms with Gasteiger partial charge in [-0.3, -0.25) is 13.8 Å². The van der Waals surface area contributed by atoms with Gasteiger partial charge in [-0.2, -0.15) is 0 Å². The SMILES string of the molecule is CCCCCCCCCCCCCCCCCC/C=C/CC/C=C/C(O)C(COP(=O)(O)OCC[N+](C)(C)C)NC(=O)CCCCCCCCCCCCCCCCCCCCCCCCCCCCCCCCCCCCCCCCC. The lowest BCUT2D eigenvalue weighted by atomic mass is 10.0.